The molecule has 0 aliphatic heterocycles. The van der Waals surface area contributed by atoms with Gasteiger partial charge in [0, 0.05) is 16.2 Å². The topological polar surface area (TPSA) is 55.4 Å². The van der Waals surface area contributed by atoms with E-state index in [1.165, 1.54) is 6.08 Å². The number of halogens is 1. The highest BCUT2D eigenvalue weighted by molar-refractivity contribution is 9.10. The molecule has 1 amide bonds. The molecule has 1 N–H and O–H groups in total. The van der Waals surface area contributed by atoms with Gasteiger partial charge in [-0.1, -0.05) is 46.3 Å². The van der Waals surface area contributed by atoms with Gasteiger partial charge >= 0.3 is 5.97 Å². The van der Waals surface area contributed by atoms with E-state index >= 15 is 0 Å². The molecule has 2 aromatic rings. The summed E-state index contributed by atoms with van der Waals surface area (Å²) in [6.07, 6.45) is 2.92. The Kier molecular flexibility index (Phi) is 5.91. The van der Waals surface area contributed by atoms with Gasteiger partial charge in [-0.3, -0.25) is 4.79 Å². The second kappa shape index (κ2) is 8.14. The van der Waals surface area contributed by atoms with E-state index in [0.717, 1.165) is 10.0 Å². The van der Waals surface area contributed by atoms with E-state index in [1.54, 1.807) is 18.2 Å². The van der Waals surface area contributed by atoms with Crippen LogP contribution in [0.15, 0.2) is 65.1 Å². The first-order valence-corrected chi connectivity index (χ1v) is 7.38. The van der Waals surface area contributed by atoms with Gasteiger partial charge in [-0.05, 0) is 35.9 Å². The molecule has 0 aromatic heterocycles. The largest absolute Gasteiger partial charge is 0.452 e. The summed E-state index contributed by atoms with van der Waals surface area (Å²) in [5.41, 5.74) is 1.52. The van der Waals surface area contributed by atoms with Crippen molar-refractivity contribution in [3.8, 4) is 0 Å². The zero-order chi connectivity index (χ0) is 15.8. The highest BCUT2D eigenvalue weighted by Crippen LogP contribution is 2.12. The summed E-state index contributed by atoms with van der Waals surface area (Å²) in [4.78, 5) is 23.2. The van der Waals surface area contributed by atoms with Crippen molar-refractivity contribution in [1.29, 1.82) is 0 Å². The van der Waals surface area contributed by atoms with Crippen molar-refractivity contribution in [2.75, 3.05) is 11.9 Å². The van der Waals surface area contributed by atoms with E-state index < -0.39 is 5.97 Å². The van der Waals surface area contributed by atoms with Gasteiger partial charge in [0.05, 0.1) is 0 Å². The van der Waals surface area contributed by atoms with Crippen LogP contribution < -0.4 is 5.32 Å². The number of hydrogen-bond donors (Lipinski definition) is 1. The third kappa shape index (κ3) is 5.54. The summed E-state index contributed by atoms with van der Waals surface area (Å²) >= 11 is 3.35. The highest BCUT2D eigenvalue weighted by Gasteiger charge is 2.05. The molecule has 0 unspecified atom stereocenters. The Bertz CT molecular complexity index is 683. The van der Waals surface area contributed by atoms with Crippen molar-refractivity contribution in [2.24, 2.45) is 0 Å². The van der Waals surface area contributed by atoms with Crippen LogP contribution in [0.3, 0.4) is 0 Å². The number of carbonyl (C=O) groups excluding carboxylic acids is 2. The van der Waals surface area contributed by atoms with Crippen molar-refractivity contribution in [3.63, 3.8) is 0 Å². The van der Waals surface area contributed by atoms with Gasteiger partial charge < -0.3 is 10.1 Å². The number of anilines is 1. The first-order valence-electron chi connectivity index (χ1n) is 6.59. The second-order valence-corrected chi connectivity index (χ2v) is 5.33. The van der Waals surface area contributed by atoms with Crippen LogP contribution in [0.1, 0.15) is 5.56 Å². The quantitative estimate of drug-likeness (QED) is 0.654. The summed E-state index contributed by atoms with van der Waals surface area (Å²) in [6, 6.07) is 16.5. The van der Waals surface area contributed by atoms with Gasteiger partial charge in [0.15, 0.2) is 6.61 Å². The van der Waals surface area contributed by atoms with E-state index in [4.69, 9.17) is 4.74 Å². The Hall–Kier alpha value is -2.40. The van der Waals surface area contributed by atoms with Crippen molar-refractivity contribution < 1.29 is 14.3 Å². The molecule has 0 radical (unpaired) electrons. The summed E-state index contributed by atoms with van der Waals surface area (Å²) in [5.74, 6) is -0.946. The molecule has 112 valence electrons. The van der Waals surface area contributed by atoms with Gasteiger partial charge in [0.25, 0.3) is 5.91 Å². The third-order valence-electron chi connectivity index (χ3n) is 2.66. The molecule has 0 aliphatic rings. The maximum absolute atomic E-state index is 11.6. The van der Waals surface area contributed by atoms with Crippen molar-refractivity contribution in [2.45, 2.75) is 0 Å². The van der Waals surface area contributed by atoms with E-state index in [1.807, 2.05) is 42.5 Å². The van der Waals surface area contributed by atoms with Gasteiger partial charge in [0.2, 0.25) is 0 Å². The lowest BCUT2D eigenvalue weighted by atomic mass is 10.2. The fourth-order valence-electron chi connectivity index (χ4n) is 1.68. The number of amides is 1. The molecule has 0 saturated heterocycles. The number of ether oxygens (including phenoxy) is 1. The molecule has 0 atom stereocenters. The van der Waals surface area contributed by atoms with Crippen LogP contribution in [0, 0.1) is 0 Å². The molecule has 0 spiro atoms. The number of carbonyl (C=O) groups is 2. The summed E-state index contributed by atoms with van der Waals surface area (Å²) < 4.78 is 5.80. The molecule has 0 fully saturated rings. The molecule has 4 nitrogen and oxygen atoms in total. The Labute approximate surface area is 136 Å². The molecular formula is C17H14BrNO3. The normalized spacial score (nSPS) is 10.4. The van der Waals surface area contributed by atoms with Crippen LogP contribution in [0.2, 0.25) is 0 Å². The third-order valence-corrected chi connectivity index (χ3v) is 3.16. The number of hydrogen-bond acceptors (Lipinski definition) is 3. The minimum Gasteiger partial charge on any atom is -0.452 e. The number of rotatable bonds is 5. The number of benzene rings is 2. The maximum atomic E-state index is 11.6. The zero-order valence-corrected chi connectivity index (χ0v) is 13.2. The summed E-state index contributed by atoms with van der Waals surface area (Å²) in [6.45, 7) is -0.323. The van der Waals surface area contributed by atoms with Crippen LogP contribution >= 0.6 is 15.9 Å². The summed E-state index contributed by atoms with van der Waals surface area (Å²) in [7, 11) is 0. The van der Waals surface area contributed by atoms with E-state index in [9.17, 15) is 9.59 Å². The van der Waals surface area contributed by atoms with Crippen LogP contribution in [0.5, 0.6) is 0 Å². The smallest absolute Gasteiger partial charge is 0.331 e. The van der Waals surface area contributed by atoms with Crippen molar-refractivity contribution >= 4 is 39.6 Å². The molecule has 22 heavy (non-hydrogen) atoms. The Morgan fingerprint density at radius 3 is 2.59 bits per heavy atom. The van der Waals surface area contributed by atoms with Gasteiger partial charge in [0.1, 0.15) is 0 Å². The minimum absolute atomic E-state index is 0.323. The van der Waals surface area contributed by atoms with Crippen LogP contribution in [-0.4, -0.2) is 18.5 Å². The molecule has 2 aromatic carbocycles. The first kappa shape index (κ1) is 16.0. The van der Waals surface area contributed by atoms with Crippen LogP contribution in [0.25, 0.3) is 6.08 Å². The molecule has 0 bridgehead atoms. The fourth-order valence-corrected chi connectivity index (χ4v) is 2.09. The molecule has 0 heterocycles. The standard InChI is InChI=1S/C17H14BrNO3/c18-14-6-4-5-13(11-14)9-10-17(21)22-12-16(20)19-15-7-2-1-3-8-15/h1-11H,12H2,(H,19,20). The Morgan fingerprint density at radius 1 is 1.09 bits per heavy atom. The predicted molar refractivity (Wildman–Crippen MR) is 89.2 cm³/mol. The molecular weight excluding hydrogens is 346 g/mol. The monoisotopic (exact) mass is 359 g/mol. The van der Waals surface area contributed by atoms with Crippen LogP contribution in [-0.2, 0) is 14.3 Å². The second-order valence-electron chi connectivity index (χ2n) is 4.41. The van der Waals surface area contributed by atoms with Crippen molar-refractivity contribution in [1.82, 2.24) is 0 Å². The number of nitrogens with one attached hydrogen (secondary N) is 1. The zero-order valence-electron chi connectivity index (χ0n) is 11.7. The Balaban J connectivity index is 1.79. The average Bonchev–Trinajstić information content (AvgIpc) is 2.52. The van der Waals surface area contributed by atoms with Gasteiger partial charge in [-0.15, -0.1) is 0 Å². The lowest BCUT2D eigenvalue weighted by Gasteiger charge is -2.04. The number of esters is 1. The van der Waals surface area contributed by atoms with E-state index in [0.29, 0.717) is 5.69 Å². The van der Waals surface area contributed by atoms with Crippen LogP contribution in [0.4, 0.5) is 5.69 Å². The lowest BCUT2D eigenvalue weighted by Crippen LogP contribution is -2.20. The predicted octanol–water partition coefficient (Wildman–Crippen LogP) is 3.64. The molecule has 0 aliphatic carbocycles. The Morgan fingerprint density at radius 2 is 1.86 bits per heavy atom. The van der Waals surface area contributed by atoms with E-state index in [2.05, 4.69) is 21.2 Å². The maximum Gasteiger partial charge on any atom is 0.331 e. The average molecular weight is 360 g/mol. The van der Waals surface area contributed by atoms with E-state index in [-0.39, 0.29) is 12.5 Å². The molecule has 5 heteroatoms. The summed E-state index contributed by atoms with van der Waals surface area (Å²) in [5, 5.41) is 2.63. The first-order chi connectivity index (χ1) is 10.6. The van der Waals surface area contributed by atoms with Crippen molar-refractivity contribution in [3.05, 3.63) is 70.7 Å². The SMILES string of the molecule is O=C(COC(=O)C=Cc1cccc(Br)c1)Nc1ccccc1. The number of para-hydroxylation sites is 1. The molecule has 2 rings (SSSR count). The molecule has 0 saturated carbocycles. The minimum atomic E-state index is -0.566. The van der Waals surface area contributed by atoms with Gasteiger partial charge in [-0.2, -0.15) is 0 Å². The van der Waals surface area contributed by atoms with Gasteiger partial charge in [-0.25, -0.2) is 4.79 Å². The lowest BCUT2D eigenvalue weighted by molar-refractivity contribution is -0.142. The fraction of sp³-hybridized carbons (Fsp3) is 0.0588. The highest BCUT2D eigenvalue weighted by atomic mass is 79.9.